The second-order valence-electron chi connectivity index (χ2n) is 8.42. The number of benzene rings is 1. The van der Waals surface area contributed by atoms with Gasteiger partial charge in [0.25, 0.3) is 0 Å². The lowest BCUT2D eigenvalue weighted by atomic mass is 9.86. The number of ether oxygens (including phenoxy) is 1. The topological polar surface area (TPSA) is 48.1 Å². The van der Waals surface area contributed by atoms with E-state index in [1.807, 2.05) is 30.3 Å². The van der Waals surface area contributed by atoms with Crippen molar-refractivity contribution in [1.29, 1.82) is 0 Å². The van der Waals surface area contributed by atoms with Crippen LogP contribution in [-0.2, 0) is 11.8 Å². The molecule has 7 heteroatoms. The van der Waals surface area contributed by atoms with Crippen molar-refractivity contribution in [3.63, 3.8) is 0 Å². The number of nitrogens with zero attached hydrogens (tertiary/aromatic N) is 5. The second-order valence-corrected chi connectivity index (χ2v) is 8.83. The molecule has 0 spiro atoms. The largest absolute Gasteiger partial charge is 0.379 e. The quantitative estimate of drug-likeness (QED) is 0.672. The first kappa shape index (κ1) is 18.2. The molecule has 1 unspecified atom stereocenters. The van der Waals surface area contributed by atoms with Crippen molar-refractivity contribution in [3.8, 4) is 5.69 Å². The number of aryl methyl sites for hydroxylation is 1. The molecule has 0 saturated carbocycles. The highest BCUT2D eigenvalue weighted by Gasteiger charge is 2.38. The van der Waals surface area contributed by atoms with Gasteiger partial charge in [-0.1, -0.05) is 11.6 Å². The molecule has 28 heavy (non-hydrogen) atoms. The first-order valence-electron chi connectivity index (χ1n) is 10.0. The van der Waals surface area contributed by atoms with Gasteiger partial charge in [0.05, 0.1) is 30.7 Å². The molecule has 4 heterocycles. The summed E-state index contributed by atoms with van der Waals surface area (Å²) in [5.41, 5.74) is 3.51. The minimum Gasteiger partial charge on any atom is -0.379 e. The molecule has 2 aliphatic heterocycles. The minimum atomic E-state index is 0.206. The molecule has 6 nitrogen and oxygen atoms in total. The van der Waals surface area contributed by atoms with E-state index >= 15 is 0 Å². The normalized spacial score (nSPS) is 24.4. The van der Waals surface area contributed by atoms with Crippen molar-refractivity contribution in [3.05, 3.63) is 41.3 Å². The van der Waals surface area contributed by atoms with Gasteiger partial charge in [0.15, 0.2) is 0 Å². The molecule has 2 aromatic heterocycles. The molecule has 148 valence electrons. The van der Waals surface area contributed by atoms with Crippen LogP contribution in [0.4, 0.5) is 0 Å². The van der Waals surface area contributed by atoms with Crippen LogP contribution in [0.25, 0.3) is 16.6 Å². The Morgan fingerprint density at radius 3 is 2.68 bits per heavy atom. The molecule has 5 rings (SSSR count). The van der Waals surface area contributed by atoms with Crippen molar-refractivity contribution in [2.45, 2.75) is 37.6 Å². The third-order valence-corrected chi connectivity index (χ3v) is 6.85. The first-order valence-corrected chi connectivity index (χ1v) is 10.4. The number of aromatic nitrogens is 4. The van der Waals surface area contributed by atoms with E-state index in [0.717, 1.165) is 67.2 Å². The molecular formula is C21H26ClN5O. The van der Waals surface area contributed by atoms with Gasteiger partial charge in [0, 0.05) is 29.6 Å². The van der Waals surface area contributed by atoms with Crippen LogP contribution in [0.1, 0.15) is 37.7 Å². The highest BCUT2D eigenvalue weighted by Crippen LogP contribution is 2.38. The van der Waals surface area contributed by atoms with Crippen LogP contribution in [-0.4, -0.2) is 56.3 Å². The Bertz CT molecular complexity index is 996. The van der Waals surface area contributed by atoms with Crippen molar-refractivity contribution >= 4 is 22.5 Å². The Morgan fingerprint density at radius 1 is 1.18 bits per heavy atom. The molecule has 0 aliphatic carbocycles. The zero-order valence-corrected chi connectivity index (χ0v) is 17.2. The summed E-state index contributed by atoms with van der Waals surface area (Å²) >= 11 is 6.70. The molecule has 0 radical (unpaired) electrons. The third-order valence-electron chi connectivity index (χ3n) is 6.52. The number of rotatable bonds is 3. The van der Waals surface area contributed by atoms with Crippen LogP contribution < -0.4 is 0 Å². The van der Waals surface area contributed by atoms with Crippen molar-refractivity contribution in [1.82, 2.24) is 24.5 Å². The van der Waals surface area contributed by atoms with Gasteiger partial charge >= 0.3 is 0 Å². The van der Waals surface area contributed by atoms with Crippen LogP contribution in [0.3, 0.4) is 0 Å². The summed E-state index contributed by atoms with van der Waals surface area (Å²) in [5.74, 6) is 0.483. The lowest BCUT2D eigenvalue weighted by Crippen LogP contribution is -2.50. The highest BCUT2D eigenvalue weighted by molar-refractivity contribution is 6.32. The van der Waals surface area contributed by atoms with Crippen LogP contribution in [0.15, 0.2) is 30.7 Å². The third kappa shape index (κ3) is 3.04. The average Bonchev–Trinajstić information content (AvgIpc) is 3.41. The smallest absolute Gasteiger partial charge is 0.103 e. The molecule has 1 atom stereocenters. The van der Waals surface area contributed by atoms with Gasteiger partial charge in [-0.05, 0) is 62.9 Å². The number of hydrogen-bond donors (Lipinski definition) is 0. The summed E-state index contributed by atoms with van der Waals surface area (Å²) in [6.45, 7) is 6.28. The highest BCUT2D eigenvalue weighted by atomic mass is 35.5. The van der Waals surface area contributed by atoms with E-state index in [1.165, 1.54) is 5.56 Å². The fourth-order valence-corrected chi connectivity index (χ4v) is 5.06. The zero-order valence-electron chi connectivity index (χ0n) is 16.4. The molecule has 3 aromatic rings. The van der Waals surface area contributed by atoms with Crippen LogP contribution >= 0.6 is 11.6 Å². The first-order chi connectivity index (χ1) is 13.5. The van der Waals surface area contributed by atoms with Crippen LogP contribution in [0, 0.1) is 0 Å². The van der Waals surface area contributed by atoms with E-state index in [1.54, 1.807) is 4.68 Å². The Hall–Kier alpha value is -1.89. The minimum absolute atomic E-state index is 0.206. The van der Waals surface area contributed by atoms with Crippen molar-refractivity contribution < 1.29 is 4.74 Å². The van der Waals surface area contributed by atoms with Gasteiger partial charge in [0.1, 0.15) is 5.69 Å². The Kier molecular flexibility index (Phi) is 4.45. The number of piperidine rings is 1. The number of fused-ring (bicyclic) bond motifs is 1. The molecule has 0 amide bonds. The maximum Gasteiger partial charge on any atom is 0.103 e. The van der Waals surface area contributed by atoms with E-state index < -0.39 is 0 Å². The van der Waals surface area contributed by atoms with Crippen molar-refractivity contribution in [2.75, 3.05) is 26.3 Å². The Morgan fingerprint density at radius 2 is 2.00 bits per heavy atom. The molecule has 2 saturated heterocycles. The molecule has 0 N–H and O–H groups in total. The molecule has 2 aliphatic rings. The monoisotopic (exact) mass is 399 g/mol. The van der Waals surface area contributed by atoms with Gasteiger partial charge in [-0.3, -0.25) is 9.58 Å². The zero-order chi connectivity index (χ0) is 19.3. The van der Waals surface area contributed by atoms with E-state index in [4.69, 9.17) is 16.3 Å². The van der Waals surface area contributed by atoms with Crippen LogP contribution in [0.2, 0.25) is 5.02 Å². The number of likely N-dealkylation sites (tertiary alicyclic amines) is 1. The summed E-state index contributed by atoms with van der Waals surface area (Å²) in [5, 5.41) is 10.8. The predicted octanol–water partition coefficient (Wildman–Crippen LogP) is 3.77. The van der Waals surface area contributed by atoms with E-state index in [0.29, 0.717) is 5.92 Å². The van der Waals surface area contributed by atoms with E-state index in [-0.39, 0.29) is 5.54 Å². The summed E-state index contributed by atoms with van der Waals surface area (Å²) in [6.07, 6.45) is 9.08. The summed E-state index contributed by atoms with van der Waals surface area (Å²) < 4.78 is 9.41. The predicted molar refractivity (Wildman–Crippen MR) is 110 cm³/mol. The van der Waals surface area contributed by atoms with Gasteiger partial charge in [-0.25, -0.2) is 4.68 Å². The maximum atomic E-state index is 6.70. The lowest BCUT2D eigenvalue weighted by molar-refractivity contribution is 0.0582. The fraction of sp³-hybridized carbons (Fsp3) is 0.524. The summed E-state index contributed by atoms with van der Waals surface area (Å²) in [6, 6.07) is 4.29. The molecule has 1 aromatic carbocycles. The average molecular weight is 400 g/mol. The van der Waals surface area contributed by atoms with Crippen molar-refractivity contribution in [2.24, 2.45) is 7.05 Å². The fourth-order valence-electron chi connectivity index (χ4n) is 4.73. The molecule has 2 fully saturated rings. The second kappa shape index (κ2) is 6.87. The Balaban J connectivity index is 1.42. The SMILES string of the molecule is Cn1cc(-n2ncc3cc(Cl)c(C4CCN(C5(C)CCOC5)CC4)cc32)cn1. The summed E-state index contributed by atoms with van der Waals surface area (Å²) in [4.78, 5) is 2.61. The standard InChI is InChI=1S/C21H26ClN5O/c1-21(5-8-28-14-21)26-6-3-15(4-7-26)18-10-20-16(9-19(18)22)11-24-27(20)17-12-23-25(2)13-17/h9-13,15H,3-8,14H2,1-2H3. The van der Waals surface area contributed by atoms with Gasteiger partial charge in [0.2, 0.25) is 0 Å². The lowest BCUT2D eigenvalue weighted by Gasteiger charge is -2.42. The summed E-state index contributed by atoms with van der Waals surface area (Å²) in [7, 11) is 1.92. The number of hydrogen-bond acceptors (Lipinski definition) is 4. The van der Waals surface area contributed by atoms with Crippen LogP contribution in [0.5, 0.6) is 0 Å². The van der Waals surface area contributed by atoms with Gasteiger partial charge < -0.3 is 4.74 Å². The number of halogens is 1. The molecular weight excluding hydrogens is 374 g/mol. The maximum absolute atomic E-state index is 6.70. The van der Waals surface area contributed by atoms with E-state index in [2.05, 4.69) is 34.2 Å². The van der Waals surface area contributed by atoms with E-state index in [9.17, 15) is 0 Å². The Labute approximate surface area is 170 Å². The van der Waals surface area contributed by atoms with Gasteiger partial charge in [-0.15, -0.1) is 0 Å². The molecule has 0 bridgehead atoms. The van der Waals surface area contributed by atoms with Gasteiger partial charge in [-0.2, -0.15) is 10.2 Å².